The first-order valence-corrected chi connectivity index (χ1v) is 13.0. The van der Waals surface area contributed by atoms with E-state index in [-0.39, 0.29) is 0 Å². The fourth-order valence-electron chi connectivity index (χ4n) is 3.52. The predicted molar refractivity (Wildman–Crippen MR) is 138 cm³/mol. The molecule has 4 nitrogen and oxygen atoms in total. The number of nitrogen functional groups attached to an aromatic ring is 1. The number of pyridine rings is 3. The number of nitrogens with zero attached hydrogens (tertiary/aromatic N) is 3. The Hall–Kier alpha value is -2.57. The van der Waals surface area contributed by atoms with E-state index in [1.165, 1.54) is 34.6 Å². The van der Waals surface area contributed by atoms with Gasteiger partial charge in [0.15, 0.2) is 0 Å². The van der Waals surface area contributed by atoms with Crippen LogP contribution in [0.15, 0.2) is 72.0 Å². The van der Waals surface area contributed by atoms with Crippen molar-refractivity contribution in [1.82, 2.24) is 15.0 Å². The fraction of sp³-hybridized carbons (Fsp3) is 0.269. The second kappa shape index (κ2) is 11.3. The van der Waals surface area contributed by atoms with Crippen LogP contribution in [0, 0.1) is 6.92 Å². The van der Waals surface area contributed by atoms with Gasteiger partial charge in [-0.3, -0.25) is 15.0 Å². The lowest BCUT2D eigenvalue weighted by atomic mass is 10.1. The average Bonchev–Trinajstić information content (AvgIpc) is 2.81. The Morgan fingerprint density at radius 1 is 0.906 bits per heavy atom. The summed E-state index contributed by atoms with van der Waals surface area (Å²) in [5, 5.41) is 1.07. The molecule has 0 aliphatic rings. The van der Waals surface area contributed by atoms with Gasteiger partial charge in [0.2, 0.25) is 0 Å². The van der Waals surface area contributed by atoms with Gasteiger partial charge in [0.1, 0.15) is 0 Å². The van der Waals surface area contributed by atoms with Gasteiger partial charge < -0.3 is 5.73 Å². The molecule has 4 aromatic rings. The SMILES string of the molecule is Cc1c(SCCCCSCc2ccncc2)ccnc1Cc1nc2ccccc2cc1N. The number of rotatable bonds is 10. The highest BCUT2D eigenvalue weighted by Gasteiger charge is 2.11. The van der Waals surface area contributed by atoms with E-state index in [0.29, 0.717) is 6.42 Å². The van der Waals surface area contributed by atoms with E-state index in [0.717, 1.165) is 39.5 Å². The highest BCUT2D eigenvalue weighted by molar-refractivity contribution is 7.99. The molecular weight excluding hydrogens is 432 g/mol. The molecule has 0 unspecified atom stereocenters. The Morgan fingerprint density at radius 2 is 1.72 bits per heavy atom. The molecule has 0 bridgehead atoms. The van der Waals surface area contributed by atoms with Crippen molar-refractivity contribution >= 4 is 40.1 Å². The van der Waals surface area contributed by atoms with Crippen LogP contribution in [0.4, 0.5) is 5.69 Å². The molecule has 2 N–H and O–H groups in total. The number of benzene rings is 1. The Labute approximate surface area is 198 Å². The number of nitrogens with two attached hydrogens (primary N) is 1. The summed E-state index contributed by atoms with van der Waals surface area (Å²) in [5.41, 5.74) is 12.5. The minimum atomic E-state index is 0.655. The topological polar surface area (TPSA) is 64.7 Å². The lowest BCUT2D eigenvalue weighted by Crippen LogP contribution is -2.03. The normalized spacial score (nSPS) is 11.2. The van der Waals surface area contributed by atoms with Crippen LogP contribution in [0.1, 0.15) is 35.4 Å². The van der Waals surface area contributed by atoms with Gasteiger partial charge in [-0.2, -0.15) is 11.8 Å². The summed E-state index contributed by atoms with van der Waals surface area (Å²) in [5.74, 6) is 3.38. The molecule has 0 aliphatic heterocycles. The van der Waals surface area contributed by atoms with Crippen molar-refractivity contribution in [3.8, 4) is 0 Å². The average molecular weight is 461 g/mol. The zero-order valence-corrected chi connectivity index (χ0v) is 20.0. The van der Waals surface area contributed by atoms with E-state index in [9.17, 15) is 0 Å². The summed E-state index contributed by atoms with van der Waals surface area (Å²) >= 11 is 3.92. The number of aromatic nitrogens is 3. The molecule has 0 fully saturated rings. The first-order chi connectivity index (χ1) is 15.7. The van der Waals surface area contributed by atoms with Crippen LogP contribution in [0.25, 0.3) is 10.9 Å². The van der Waals surface area contributed by atoms with Crippen molar-refractivity contribution < 1.29 is 0 Å². The maximum absolute atomic E-state index is 6.30. The summed E-state index contributed by atoms with van der Waals surface area (Å²) < 4.78 is 0. The number of fused-ring (bicyclic) bond motifs is 1. The minimum Gasteiger partial charge on any atom is -0.397 e. The summed E-state index contributed by atoms with van der Waals surface area (Å²) in [6.45, 7) is 2.16. The predicted octanol–water partition coefficient (Wildman–Crippen LogP) is 6.31. The summed E-state index contributed by atoms with van der Waals surface area (Å²) in [4.78, 5) is 14.8. The molecule has 164 valence electrons. The second-order valence-corrected chi connectivity index (χ2v) is 9.98. The molecule has 3 aromatic heterocycles. The van der Waals surface area contributed by atoms with E-state index >= 15 is 0 Å². The van der Waals surface area contributed by atoms with Crippen molar-refractivity contribution in [1.29, 1.82) is 0 Å². The molecule has 4 rings (SSSR count). The van der Waals surface area contributed by atoms with Crippen molar-refractivity contribution in [2.24, 2.45) is 0 Å². The smallest absolute Gasteiger partial charge is 0.0707 e. The number of hydrogen-bond acceptors (Lipinski definition) is 6. The van der Waals surface area contributed by atoms with Gasteiger partial charge in [-0.1, -0.05) is 18.2 Å². The Balaban J connectivity index is 1.28. The van der Waals surface area contributed by atoms with Gasteiger partial charge in [0.05, 0.1) is 22.6 Å². The third kappa shape index (κ3) is 6.02. The van der Waals surface area contributed by atoms with E-state index < -0.39 is 0 Å². The molecular formula is C26H28N4S2. The highest BCUT2D eigenvalue weighted by Crippen LogP contribution is 2.27. The van der Waals surface area contributed by atoms with Crippen LogP contribution >= 0.6 is 23.5 Å². The van der Waals surface area contributed by atoms with Crippen LogP contribution < -0.4 is 5.73 Å². The fourth-order valence-corrected chi connectivity index (χ4v) is 5.56. The monoisotopic (exact) mass is 460 g/mol. The van der Waals surface area contributed by atoms with Crippen LogP contribution in [0.3, 0.4) is 0 Å². The third-order valence-electron chi connectivity index (χ3n) is 5.39. The van der Waals surface area contributed by atoms with Crippen molar-refractivity contribution in [3.63, 3.8) is 0 Å². The van der Waals surface area contributed by atoms with Crippen molar-refractivity contribution in [3.05, 3.63) is 89.6 Å². The maximum Gasteiger partial charge on any atom is 0.0707 e. The zero-order chi connectivity index (χ0) is 22.2. The highest BCUT2D eigenvalue weighted by atomic mass is 32.2. The summed E-state index contributed by atoms with van der Waals surface area (Å²) in [6.07, 6.45) is 8.74. The standard InChI is InChI=1S/C26H28N4S2/c1-19-24(17-25-22(27)16-21-6-2-3-7-23(21)30-25)29-13-10-26(19)32-15-5-4-14-31-18-20-8-11-28-12-9-20/h2-3,6-13,16H,4-5,14-15,17-18,27H2,1H3. The van der Waals surface area contributed by atoms with E-state index in [1.54, 1.807) is 0 Å². The van der Waals surface area contributed by atoms with E-state index in [2.05, 4.69) is 35.1 Å². The lowest BCUT2D eigenvalue weighted by molar-refractivity contribution is 0.905. The van der Waals surface area contributed by atoms with Gasteiger partial charge in [-0.15, -0.1) is 11.8 Å². The van der Waals surface area contributed by atoms with Gasteiger partial charge in [0, 0.05) is 41.0 Å². The molecule has 0 amide bonds. The molecule has 0 spiro atoms. The molecule has 0 atom stereocenters. The molecule has 6 heteroatoms. The van der Waals surface area contributed by atoms with Crippen molar-refractivity contribution in [2.45, 2.75) is 36.8 Å². The Morgan fingerprint density at radius 3 is 2.59 bits per heavy atom. The quantitative estimate of drug-likeness (QED) is 0.221. The van der Waals surface area contributed by atoms with Gasteiger partial charge >= 0.3 is 0 Å². The Bertz CT molecular complexity index is 1170. The maximum atomic E-state index is 6.30. The first-order valence-electron chi connectivity index (χ1n) is 10.9. The zero-order valence-electron chi connectivity index (χ0n) is 18.3. The van der Waals surface area contributed by atoms with Crippen LogP contribution in [-0.2, 0) is 12.2 Å². The molecule has 0 aliphatic carbocycles. The minimum absolute atomic E-state index is 0.655. The number of para-hydroxylation sites is 1. The largest absolute Gasteiger partial charge is 0.397 e. The number of thioether (sulfide) groups is 2. The molecule has 32 heavy (non-hydrogen) atoms. The van der Waals surface area contributed by atoms with Crippen LogP contribution in [0.2, 0.25) is 0 Å². The van der Waals surface area contributed by atoms with Gasteiger partial charge in [0.25, 0.3) is 0 Å². The number of anilines is 1. The number of hydrogen-bond donors (Lipinski definition) is 1. The molecule has 0 saturated heterocycles. The van der Waals surface area contributed by atoms with Gasteiger partial charge in [-0.05, 0) is 72.7 Å². The van der Waals surface area contributed by atoms with Crippen molar-refractivity contribution in [2.75, 3.05) is 17.2 Å². The van der Waals surface area contributed by atoms with Crippen LogP contribution in [-0.4, -0.2) is 26.5 Å². The second-order valence-electron chi connectivity index (χ2n) is 7.74. The summed E-state index contributed by atoms with van der Waals surface area (Å²) in [6, 6.07) is 16.4. The van der Waals surface area contributed by atoms with E-state index in [1.807, 2.05) is 72.4 Å². The Kier molecular flexibility index (Phi) is 8.02. The number of unbranched alkanes of at least 4 members (excludes halogenated alkanes) is 1. The van der Waals surface area contributed by atoms with Gasteiger partial charge in [-0.25, -0.2) is 0 Å². The molecule has 0 radical (unpaired) electrons. The first kappa shape index (κ1) is 22.6. The molecule has 0 saturated carbocycles. The van der Waals surface area contributed by atoms with E-state index in [4.69, 9.17) is 10.7 Å². The molecule has 3 heterocycles. The van der Waals surface area contributed by atoms with Crippen LogP contribution in [0.5, 0.6) is 0 Å². The third-order valence-corrected chi connectivity index (χ3v) is 7.75. The summed E-state index contributed by atoms with van der Waals surface area (Å²) in [7, 11) is 0. The molecule has 1 aromatic carbocycles. The lowest BCUT2D eigenvalue weighted by Gasteiger charge is -2.12.